The molecule has 3 nitrogen and oxygen atoms in total. The third-order valence-corrected chi connectivity index (χ3v) is 2.84. The lowest BCUT2D eigenvalue weighted by molar-refractivity contribution is 0.0930. The molecule has 1 N–H and O–H groups in total. The van der Waals surface area contributed by atoms with Gasteiger partial charge in [-0.05, 0) is 37.1 Å². The predicted octanol–water partition coefficient (Wildman–Crippen LogP) is 3.03. The zero-order chi connectivity index (χ0) is 13.5. The Bertz CT molecular complexity index is 395. The molecule has 0 bridgehead atoms. The van der Waals surface area contributed by atoms with Crippen LogP contribution in [0, 0.1) is 5.92 Å². The molecule has 1 aromatic carbocycles. The molecule has 1 rings (SSSR count). The lowest BCUT2D eigenvalue weighted by Crippen LogP contribution is -2.36. The summed E-state index contributed by atoms with van der Waals surface area (Å²) >= 11 is 0. The first-order valence-corrected chi connectivity index (χ1v) is 6.19. The second-order valence-electron chi connectivity index (χ2n) is 4.63. The molecule has 1 amide bonds. The highest BCUT2D eigenvalue weighted by atomic mass is 16.5. The van der Waals surface area contributed by atoms with Gasteiger partial charge in [0.15, 0.2) is 0 Å². The number of amides is 1. The Morgan fingerprint density at radius 1 is 1.33 bits per heavy atom. The van der Waals surface area contributed by atoms with Crippen LogP contribution in [0.3, 0.4) is 0 Å². The van der Waals surface area contributed by atoms with Crippen molar-refractivity contribution in [3.8, 4) is 5.75 Å². The van der Waals surface area contributed by atoms with Crippen molar-refractivity contribution in [3.05, 3.63) is 42.5 Å². The van der Waals surface area contributed by atoms with Crippen LogP contribution in [0.15, 0.2) is 36.9 Å². The van der Waals surface area contributed by atoms with E-state index in [0.717, 1.165) is 5.75 Å². The molecule has 0 aliphatic heterocycles. The van der Waals surface area contributed by atoms with Gasteiger partial charge in [-0.1, -0.05) is 26.5 Å². The summed E-state index contributed by atoms with van der Waals surface area (Å²) in [6, 6.07) is 7.27. The lowest BCUT2D eigenvalue weighted by Gasteiger charge is -2.17. The van der Waals surface area contributed by atoms with Crippen LogP contribution < -0.4 is 10.1 Å². The molecular formula is C15H21NO2. The van der Waals surface area contributed by atoms with Gasteiger partial charge >= 0.3 is 0 Å². The molecular weight excluding hydrogens is 226 g/mol. The average Bonchev–Trinajstić information content (AvgIpc) is 2.36. The van der Waals surface area contributed by atoms with Crippen molar-refractivity contribution in [2.75, 3.05) is 6.61 Å². The maximum atomic E-state index is 11.9. The zero-order valence-electron chi connectivity index (χ0n) is 11.3. The summed E-state index contributed by atoms with van der Waals surface area (Å²) in [7, 11) is 0. The summed E-state index contributed by atoms with van der Waals surface area (Å²) in [5.41, 5.74) is 0.647. The van der Waals surface area contributed by atoms with Crippen molar-refractivity contribution < 1.29 is 9.53 Å². The van der Waals surface area contributed by atoms with Gasteiger partial charge in [-0.15, -0.1) is 0 Å². The van der Waals surface area contributed by atoms with Gasteiger partial charge in [-0.3, -0.25) is 4.79 Å². The summed E-state index contributed by atoms with van der Waals surface area (Å²) in [5, 5.41) is 2.96. The first-order chi connectivity index (χ1) is 8.54. The molecule has 0 aliphatic carbocycles. The SMILES string of the molecule is C=CCOc1ccc(C(=O)NC(C)C(C)C)cc1. The Morgan fingerprint density at radius 3 is 2.44 bits per heavy atom. The summed E-state index contributed by atoms with van der Waals surface area (Å²) < 4.78 is 5.36. The number of hydrogen-bond donors (Lipinski definition) is 1. The van der Waals surface area contributed by atoms with E-state index in [1.165, 1.54) is 0 Å². The van der Waals surface area contributed by atoms with E-state index >= 15 is 0 Å². The van der Waals surface area contributed by atoms with Crippen LogP contribution in [0.1, 0.15) is 31.1 Å². The van der Waals surface area contributed by atoms with Crippen molar-refractivity contribution in [3.63, 3.8) is 0 Å². The molecule has 0 heterocycles. The second kappa shape index (κ2) is 6.84. The topological polar surface area (TPSA) is 38.3 Å². The van der Waals surface area contributed by atoms with Crippen LogP contribution in [0.4, 0.5) is 0 Å². The minimum atomic E-state index is -0.0496. The maximum Gasteiger partial charge on any atom is 0.251 e. The number of nitrogens with one attached hydrogen (secondary N) is 1. The van der Waals surface area contributed by atoms with Gasteiger partial charge in [-0.2, -0.15) is 0 Å². The Labute approximate surface area is 109 Å². The van der Waals surface area contributed by atoms with E-state index in [0.29, 0.717) is 18.1 Å². The molecule has 0 aromatic heterocycles. The largest absolute Gasteiger partial charge is 0.490 e. The molecule has 0 radical (unpaired) electrons. The van der Waals surface area contributed by atoms with E-state index in [1.807, 2.05) is 6.92 Å². The fourth-order valence-electron chi connectivity index (χ4n) is 1.31. The fraction of sp³-hybridized carbons (Fsp3) is 0.400. The van der Waals surface area contributed by atoms with E-state index in [9.17, 15) is 4.79 Å². The van der Waals surface area contributed by atoms with Gasteiger partial charge in [0.05, 0.1) is 0 Å². The highest BCUT2D eigenvalue weighted by molar-refractivity contribution is 5.94. The van der Waals surface area contributed by atoms with Gasteiger partial charge < -0.3 is 10.1 Å². The Morgan fingerprint density at radius 2 is 1.94 bits per heavy atom. The standard InChI is InChI=1S/C15H21NO2/c1-5-10-18-14-8-6-13(7-9-14)15(17)16-12(4)11(2)3/h5-9,11-12H,1,10H2,2-4H3,(H,16,17). The number of carbonyl (C=O) groups excluding carboxylic acids is 1. The molecule has 0 spiro atoms. The number of ether oxygens (including phenoxy) is 1. The summed E-state index contributed by atoms with van der Waals surface area (Å²) in [5.74, 6) is 1.11. The first-order valence-electron chi connectivity index (χ1n) is 6.19. The Kier molecular flexibility index (Phi) is 5.43. The monoisotopic (exact) mass is 247 g/mol. The van der Waals surface area contributed by atoms with Crippen LogP contribution >= 0.6 is 0 Å². The van der Waals surface area contributed by atoms with Crippen molar-refractivity contribution in [1.82, 2.24) is 5.32 Å². The molecule has 0 saturated carbocycles. The minimum Gasteiger partial charge on any atom is -0.490 e. The number of benzene rings is 1. The molecule has 1 unspecified atom stereocenters. The average molecular weight is 247 g/mol. The van der Waals surface area contributed by atoms with Crippen LogP contribution in [-0.4, -0.2) is 18.6 Å². The molecule has 0 saturated heterocycles. The van der Waals surface area contributed by atoms with Gasteiger partial charge in [-0.25, -0.2) is 0 Å². The van der Waals surface area contributed by atoms with E-state index < -0.39 is 0 Å². The normalized spacial score (nSPS) is 12.0. The van der Waals surface area contributed by atoms with Gasteiger partial charge in [0.1, 0.15) is 12.4 Å². The molecule has 3 heteroatoms. The summed E-state index contributed by atoms with van der Waals surface area (Å²) in [6.45, 7) is 10.2. The predicted molar refractivity (Wildman–Crippen MR) is 73.9 cm³/mol. The quantitative estimate of drug-likeness (QED) is 0.785. The van der Waals surface area contributed by atoms with Crippen LogP contribution in [-0.2, 0) is 0 Å². The van der Waals surface area contributed by atoms with Gasteiger partial charge in [0.2, 0.25) is 0 Å². The fourth-order valence-corrected chi connectivity index (χ4v) is 1.31. The molecule has 18 heavy (non-hydrogen) atoms. The van der Waals surface area contributed by atoms with E-state index in [4.69, 9.17) is 4.74 Å². The number of rotatable bonds is 6. The third-order valence-electron chi connectivity index (χ3n) is 2.84. The molecule has 0 aliphatic rings. The van der Waals surface area contributed by atoms with Crippen LogP contribution in [0.25, 0.3) is 0 Å². The molecule has 1 aromatic rings. The summed E-state index contributed by atoms with van der Waals surface area (Å²) in [4.78, 5) is 11.9. The molecule has 1 atom stereocenters. The van der Waals surface area contributed by atoms with Crippen molar-refractivity contribution >= 4 is 5.91 Å². The highest BCUT2D eigenvalue weighted by Crippen LogP contribution is 2.12. The summed E-state index contributed by atoms with van der Waals surface area (Å²) in [6.07, 6.45) is 1.69. The van der Waals surface area contributed by atoms with Gasteiger partial charge in [0, 0.05) is 11.6 Å². The molecule has 0 fully saturated rings. The van der Waals surface area contributed by atoms with E-state index in [1.54, 1.807) is 30.3 Å². The lowest BCUT2D eigenvalue weighted by atomic mass is 10.1. The number of carbonyl (C=O) groups is 1. The first kappa shape index (κ1) is 14.3. The second-order valence-corrected chi connectivity index (χ2v) is 4.63. The Hall–Kier alpha value is -1.77. The van der Waals surface area contributed by atoms with Crippen LogP contribution in [0.2, 0.25) is 0 Å². The molecule has 98 valence electrons. The van der Waals surface area contributed by atoms with E-state index in [-0.39, 0.29) is 11.9 Å². The number of hydrogen-bond acceptors (Lipinski definition) is 2. The van der Waals surface area contributed by atoms with E-state index in [2.05, 4.69) is 25.7 Å². The minimum absolute atomic E-state index is 0.0496. The highest BCUT2D eigenvalue weighted by Gasteiger charge is 2.12. The smallest absolute Gasteiger partial charge is 0.251 e. The van der Waals surface area contributed by atoms with Crippen molar-refractivity contribution in [2.45, 2.75) is 26.8 Å². The van der Waals surface area contributed by atoms with Crippen molar-refractivity contribution in [2.24, 2.45) is 5.92 Å². The maximum absolute atomic E-state index is 11.9. The van der Waals surface area contributed by atoms with Crippen LogP contribution in [0.5, 0.6) is 5.75 Å². The van der Waals surface area contributed by atoms with Gasteiger partial charge in [0.25, 0.3) is 5.91 Å². The van der Waals surface area contributed by atoms with Crippen molar-refractivity contribution in [1.29, 1.82) is 0 Å². The Balaban J connectivity index is 2.61. The third kappa shape index (κ3) is 4.24. The zero-order valence-corrected chi connectivity index (χ0v) is 11.3.